The molecule has 0 aliphatic carbocycles. The molecule has 2 aromatic carbocycles. The Labute approximate surface area is 165 Å². The van der Waals surface area contributed by atoms with Crippen LogP contribution in [0.4, 0.5) is 0 Å². The Morgan fingerprint density at radius 3 is 2.74 bits per heavy atom. The van der Waals surface area contributed by atoms with Gasteiger partial charge in [0.1, 0.15) is 17.1 Å². The summed E-state index contributed by atoms with van der Waals surface area (Å²) < 4.78 is 11.4. The first-order chi connectivity index (χ1) is 12.9. The zero-order valence-corrected chi connectivity index (χ0v) is 17.1. The number of ether oxygens (including phenoxy) is 2. The standard InChI is InChI=1S/C22H27NO3S/c1-15(27-14-16-8-6-5-7-9-16)21(24)23-19-13-22(2,3)26-20-12-17(25-4)10-11-18(19)20/h5-12,15,19H,13-14H2,1-4H3,(H,23,24)/t15-,19-/m1/s1. The van der Waals surface area contributed by atoms with Crippen LogP contribution in [-0.4, -0.2) is 23.9 Å². The van der Waals surface area contributed by atoms with Gasteiger partial charge in [-0.25, -0.2) is 0 Å². The lowest BCUT2D eigenvalue weighted by atomic mass is 9.89. The van der Waals surface area contributed by atoms with Crippen LogP contribution in [-0.2, 0) is 10.5 Å². The largest absolute Gasteiger partial charge is 0.497 e. The number of carbonyl (C=O) groups is 1. The Hall–Kier alpha value is -2.14. The van der Waals surface area contributed by atoms with Gasteiger partial charge >= 0.3 is 0 Å². The van der Waals surface area contributed by atoms with Crippen molar-refractivity contribution in [3.8, 4) is 11.5 Å². The highest BCUT2D eigenvalue weighted by molar-refractivity contribution is 7.99. The lowest BCUT2D eigenvalue weighted by Gasteiger charge is -2.38. The van der Waals surface area contributed by atoms with Gasteiger partial charge in [-0.15, -0.1) is 11.8 Å². The van der Waals surface area contributed by atoms with E-state index >= 15 is 0 Å². The van der Waals surface area contributed by atoms with E-state index in [2.05, 4.69) is 17.4 Å². The fourth-order valence-corrected chi connectivity index (χ4v) is 4.10. The van der Waals surface area contributed by atoms with Crippen LogP contribution in [0.1, 0.15) is 44.4 Å². The number of benzene rings is 2. The van der Waals surface area contributed by atoms with Crippen molar-refractivity contribution in [2.45, 2.75) is 49.8 Å². The van der Waals surface area contributed by atoms with Gasteiger partial charge in [0.25, 0.3) is 0 Å². The number of hydrogen-bond donors (Lipinski definition) is 1. The molecule has 5 heteroatoms. The molecule has 1 amide bonds. The highest BCUT2D eigenvalue weighted by Gasteiger charge is 2.35. The van der Waals surface area contributed by atoms with Crippen LogP contribution in [0.2, 0.25) is 0 Å². The molecule has 1 aliphatic heterocycles. The smallest absolute Gasteiger partial charge is 0.233 e. The predicted molar refractivity (Wildman–Crippen MR) is 110 cm³/mol. The van der Waals surface area contributed by atoms with Crippen molar-refractivity contribution in [3.05, 3.63) is 59.7 Å². The van der Waals surface area contributed by atoms with E-state index in [0.717, 1.165) is 29.2 Å². The molecule has 2 atom stereocenters. The van der Waals surface area contributed by atoms with Crippen molar-refractivity contribution >= 4 is 17.7 Å². The minimum atomic E-state index is -0.349. The van der Waals surface area contributed by atoms with Crippen molar-refractivity contribution in [3.63, 3.8) is 0 Å². The lowest BCUT2D eigenvalue weighted by molar-refractivity contribution is -0.121. The number of carbonyl (C=O) groups excluding carboxylic acids is 1. The molecule has 0 spiro atoms. The quantitative estimate of drug-likeness (QED) is 0.780. The maximum atomic E-state index is 12.8. The molecule has 1 N–H and O–H groups in total. The van der Waals surface area contributed by atoms with Crippen LogP contribution in [0, 0.1) is 0 Å². The number of thioether (sulfide) groups is 1. The van der Waals surface area contributed by atoms with E-state index in [1.54, 1.807) is 18.9 Å². The second-order valence-electron chi connectivity index (χ2n) is 7.47. The van der Waals surface area contributed by atoms with Crippen LogP contribution >= 0.6 is 11.8 Å². The Balaban J connectivity index is 1.68. The summed E-state index contributed by atoms with van der Waals surface area (Å²) in [4.78, 5) is 12.8. The molecule has 3 rings (SSSR count). The van der Waals surface area contributed by atoms with E-state index in [0.29, 0.717) is 0 Å². The van der Waals surface area contributed by atoms with Crippen molar-refractivity contribution < 1.29 is 14.3 Å². The predicted octanol–water partition coefficient (Wildman–Crippen LogP) is 4.74. The minimum Gasteiger partial charge on any atom is -0.497 e. The van der Waals surface area contributed by atoms with Gasteiger partial charge < -0.3 is 14.8 Å². The SMILES string of the molecule is COc1ccc2c(c1)OC(C)(C)C[C@H]2NC(=O)[C@@H](C)SCc1ccccc1. The van der Waals surface area contributed by atoms with Crippen molar-refractivity contribution in [1.29, 1.82) is 0 Å². The van der Waals surface area contributed by atoms with Gasteiger partial charge in [0, 0.05) is 23.8 Å². The van der Waals surface area contributed by atoms with E-state index in [9.17, 15) is 4.79 Å². The number of rotatable bonds is 6. The van der Waals surface area contributed by atoms with Crippen LogP contribution in [0.25, 0.3) is 0 Å². The maximum absolute atomic E-state index is 12.8. The summed E-state index contributed by atoms with van der Waals surface area (Å²) in [5.41, 5.74) is 1.88. The fraction of sp³-hybridized carbons (Fsp3) is 0.409. The van der Waals surface area contributed by atoms with Gasteiger partial charge in [0.2, 0.25) is 5.91 Å². The summed E-state index contributed by atoms with van der Waals surface area (Å²) in [7, 11) is 1.64. The molecular weight excluding hydrogens is 358 g/mol. The van der Waals surface area contributed by atoms with E-state index in [4.69, 9.17) is 9.47 Å². The second-order valence-corrected chi connectivity index (χ2v) is 8.80. The molecule has 1 aliphatic rings. The molecule has 2 aromatic rings. The van der Waals surface area contributed by atoms with Crippen LogP contribution in [0.3, 0.4) is 0 Å². The number of methoxy groups -OCH3 is 1. The van der Waals surface area contributed by atoms with Crippen molar-refractivity contribution in [1.82, 2.24) is 5.32 Å². The lowest BCUT2D eigenvalue weighted by Crippen LogP contribution is -2.43. The summed E-state index contributed by atoms with van der Waals surface area (Å²) in [5, 5.41) is 3.10. The van der Waals surface area contributed by atoms with Gasteiger partial charge in [-0.2, -0.15) is 0 Å². The Bertz CT molecular complexity index is 791. The van der Waals surface area contributed by atoms with E-state index in [1.807, 2.05) is 57.2 Å². The van der Waals surface area contributed by atoms with Gasteiger partial charge in [-0.05, 0) is 38.5 Å². The summed E-state index contributed by atoms with van der Waals surface area (Å²) in [6, 6.07) is 15.9. The topological polar surface area (TPSA) is 47.6 Å². The fourth-order valence-electron chi connectivity index (χ4n) is 3.25. The Kier molecular flexibility index (Phi) is 6.00. The van der Waals surface area contributed by atoms with Gasteiger partial charge in [-0.1, -0.05) is 30.3 Å². The highest BCUT2D eigenvalue weighted by atomic mass is 32.2. The van der Waals surface area contributed by atoms with Crippen molar-refractivity contribution in [2.24, 2.45) is 0 Å². The molecule has 0 saturated carbocycles. The number of amides is 1. The summed E-state index contributed by atoms with van der Waals surface area (Å²) in [5.74, 6) is 2.41. The Morgan fingerprint density at radius 1 is 1.30 bits per heavy atom. The third kappa shape index (κ3) is 4.98. The van der Waals surface area contributed by atoms with Crippen molar-refractivity contribution in [2.75, 3.05) is 7.11 Å². The highest BCUT2D eigenvalue weighted by Crippen LogP contribution is 2.41. The molecule has 0 unspecified atom stereocenters. The second kappa shape index (κ2) is 8.26. The third-order valence-corrected chi connectivity index (χ3v) is 5.92. The molecular formula is C22H27NO3S. The Morgan fingerprint density at radius 2 is 2.04 bits per heavy atom. The number of fused-ring (bicyclic) bond motifs is 1. The van der Waals surface area contributed by atoms with Crippen LogP contribution < -0.4 is 14.8 Å². The molecule has 0 radical (unpaired) electrons. The molecule has 4 nitrogen and oxygen atoms in total. The first-order valence-electron chi connectivity index (χ1n) is 9.21. The van der Waals surface area contributed by atoms with E-state index < -0.39 is 0 Å². The minimum absolute atomic E-state index is 0.0559. The first kappa shape index (κ1) is 19.6. The average Bonchev–Trinajstić information content (AvgIpc) is 2.65. The number of nitrogens with one attached hydrogen (secondary N) is 1. The third-order valence-electron chi connectivity index (χ3n) is 4.71. The summed E-state index contributed by atoms with van der Waals surface area (Å²) >= 11 is 1.65. The molecule has 1 heterocycles. The molecule has 27 heavy (non-hydrogen) atoms. The molecule has 0 fully saturated rings. The van der Waals surface area contributed by atoms with E-state index in [1.165, 1.54) is 5.56 Å². The summed E-state index contributed by atoms with van der Waals surface area (Å²) in [6.45, 7) is 6.05. The van der Waals surface area contributed by atoms with Gasteiger partial charge in [0.15, 0.2) is 0 Å². The molecule has 144 valence electrons. The molecule has 0 bridgehead atoms. The van der Waals surface area contributed by atoms with E-state index in [-0.39, 0.29) is 22.8 Å². The monoisotopic (exact) mass is 385 g/mol. The van der Waals surface area contributed by atoms with Crippen LogP contribution in [0.15, 0.2) is 48.5 Å². The number of hydrogen-bond acceptors (Lipinski definition) is 4. The average molecular weight is 386 g/mol. The maximum Gasteiger partial charge on any atom is 0.233 e. The van der Waals surface area contributed by atoms with Crippen LogP contribution in [0.5, 0.6) is 11.5 Å². The first-order valence-corrected chi connectivity index (χ1v) is 10.3. The summed E-state index contributed by atoms with van der Waals surface area (Å²) in [6.07, 6.45) is 0.730. The van der Waals surface area contributed by atoms with Gasteiger partial charge in [0.05, 0.1) is 18.4 Å². The molecule has 0 aromatic heterocycles. The normalized spacial score (nSPS) is 18.7. The zero-order valence-electron chi connectivity index (χ0n) is 16.3. The zero-order chi connectivity index (χ0) is 19.4. The van der Waals surface area contributed by atoms with Gasteiger partial charge in [-0.3, -0.25) is 4.79 Å². The molecule has 0 saturated heterocycles.